The molecule has 0 atom stereocenters. The van der Waals surface area contributed by atoms with Crippen molar-refractivity contribution in [2.45, 2.75) is 6.54 Å². The molecular formula is C18H19NO. The first kappa shape index (κ1) is 14.3. The van der Waals surface area contributed by atoms with Gasteiger partial charge in [0.25, 0.3) is 0 Å². The van der Waals surface area contributed by atoms with E-state index in [2.05, 4.69) is 66.3 Å². The van der Waals surface area contributed by atoms with Crippen molar-refractivity contribution in [2.24, 2.45) is 0 Å². The van der Waals surface area contributed by atoms with Gasteiger partial charge in [-0.05, 0) is 29.5 Å². The van der Waals surface area contributed by atoms with Crippen LogP contribution in [-0.2, 0) is 6.54 Å². The molecule has 1 N–H and O–H groups in total. The Bertz CT molecular complexity index is 644. The molecule has 102 valence electrons. The Labute approximate surface area is 120 Å². The SMILES string of the molecule is CN(C/C=C/C#CCO)Cc1cccc2ccccc12. The number of likely N-dealkylation sites (N-methyl/N-ethyl adjacent to an activating group) is 1. The first-order valence-corrected chi connectivity index (χ1v) is 6.70. The predicted octanol–water partition coefficient (Wildman–Crippen LogP) is 2.82. The van der Waals surface area contributed by atoms with Gasteiger partial charge in [0.05, 0.1) is 0 Å². The molecule has 0 radical (unpaired) electrons. The maximum absolute atomic E-state index is 8.55. The average Bonchev–Trinajstić information content (AvgIpc) is 2.47. The van der Waals surface area contributed by atoms with Gasteiger partial charge in [-0.25, -0.2) is 0 Å². The van der Waals surface area contributed by atoms with E-state index in [0.29, 0.717) is 0 Å². The molecule has 0 bridgehead atoms. The highest BCUT2D eigenvalue weighted by Gasteiger charge is 2.02. The molecule has 2 aromatic rings. The Balaban J connectivity index is 2.03. The topological polar surface area (TPSA) is 23.5 Å². The van der Waals surface area contributed by atoms with Crippen LogP contribution in [0.25, 0.3) is 10.8 Å². The molecule has 0 heterocycles. The van der Waals surface area contributed by atoms with Gasteiger partial charge >= 0.3 is 0 Å². The van der Waals surface area contributed by atoms with Gasteiger partial charge in [0.1, 0.15) is 6.61 Å². The van der Waals surface area contributed by atoms with E-state index in [1.165, 1.54) is 16.3 Å². The van der Waals surface area contributed by atoms with Crippen LogP contribution in [0.4, 0.5) is 0 Å². The normalized spacial score (nSPS) is 10.9. The summed E-state index contributed by atoms with van der Waals surface area (Å²) in [4.78, 5) is 2.24. The quantitative estimate of drug-likeness (QED) is 0.859. The van der Waals surface area contributed by atoms with Crippen molar-refractivity contribution in [3.8, 4) is 11.8 Å². The standard InChI is InChI=1S/C18H19NO/c1-19(13-6-2-3-7-14-20)15-17-11-8-10-16-9-4-5-12-18(16)17/h2,4-6,8-12,20H,13-15H2,1H3/b6-2+. The highest BCUT2D eigenvalue weighted by molar-refractivity contribution is 5.85. The van der Waals surface area contributed by atoms with Gasteiger partial charge in [0, 0.05) is 13.1 Å². The zero-order valence-corrected chi connectivity index (χ0v) is 11.7. The first-order valence-electron chi connectivity index (χ1n) is 6.70. The lowest BCUT2D eigenvalue weighted by molar-refractivity contribution is 0.350. The number of benzene rings is 2. The summed E-state index contributed by atoms with van der Waals surface area (Å²) in [5.41, 5.74) is 1.33. The van der Waals surface area contributed by atoms with Crippen LogP contribution < -0.4 is 0 Å². The van der Waals surface area contributed by atoms with Crippen LogP contribution in [0.3, 0.4) is 0 Å². The average molecular weight is 265 g/mol. The summed E-state index contributed by atoms with van der Waals surface area (Å²) in [7, 11) is 2.09. The lowest BCUT2D eigenvalue weighted by Crippen LogP contribution is -2.17. The Kier molecular flexibility index (Phi) is 5.37. The Hall–Kier alpha value is -2.08. The fourth-order valence-electron chi connectivity index (χ4n) is 2.18. The fourth-order valence-corrected chi connectivity index (χ4v) is 2.18. The van der Waals surface area contributed by atoms with Crippen LogP contribution in [0.2, 0.25) is 0 Å². The van der Waals surface area contributed by atoms with Crippen molar-refractivity contribution in [1.29, 1.82) is 0 Å². The molecule has 2 nitrogen and oxygen atoms in total. The molecule has 0 amide bonds. The molecule has 20 heavy (non-hydrogen) atoms. The van der Waals surface area contributed by atoms with Crippen molar-refractivity contribution < 1.29 is 5.11 Å². The zero-order valence-electron chi connectivity index (χ0n) is 11.7. The third-order valence-electron chi connectivity index (χ3n) is 3.12. The van der Waals surface area contributed by atoms with E-state index in [-0.39, 0.29) is 6.61 Å². The molecule has 0 aliphatic carbocycles. The number of hydrogen-bond donors (Lipinski definition) is 1. The van der Waals surface area contributed by atoms with E-state index < -0.39 is 0 Å². The Morgan fingerprint density at radius 3 is 2.80 bits per heavy atom. The minimum Gasteiger partial charge on any atom is -0.384 e. The van der Waals surface area contributed by atoms with Crippen LogP contribution >= 0.6 is 0 Å². The number of rotatable bonds is 4. The monoisotopic (exact) mass is 265 g/mol. The van der Waals surface area contributed by atoms with Gasteiger partial charge in [0.2, 0.25) is 0 Å². The maximum Gasteiger partial charge on any atom is 0.104 e. The fraction of sp³-hybridized carbons (Fsp3) is 0.222. The molecule has 0 aliphatic rings. The predicted molar refractivity (Wildman–Crippen MR) is 84.3 cm³/mol. The van der Waals surface area contributed by atoms with Crippen LogP contribution in [0, 0.1) is 11.8 Å². The van der Waals surface area contributed by atoms with Gasteiger partial charge in [-0.3, -0.25) is 4.90 Å². The molecule has 0 aromatic heterocycles. The van der Waals surface area contributed by atoms with Gasteiger partial charge in [-0.2, -0.15) is 0 Å². The van der Waals surface area contributed by atoms with E-state index in [4.69, 9.17) is 5.11 Å². The minimum atomic E-state index is -0.0871. The second-order valence-corrected chi connectivity index (χ2v) is 4.72. The molecular weight excluding hydrogens is 246 g/mol. The lowest BCUT2D eigenvalue weighted by atomic mass is 10.0. The van der Waals surface area contributed by atoms with Crippen molar-refractivity contribution in [3.63, 3.8) is 0 Å². The Morgan fingerprint density at radius 1 is 1.15 bits per heavy atom. The smallest absolute Gasteiger partial charge is 0.104 e. The summed E-state index contributed by atoms with van der Waals surface area (Å²) in [5.74, 6) is 5.37. The van der Waals surface area contributed by atoms with E-state index in [9.17, 15) is 0 Å². The van der Waals surface area contributed by atoms with Gasteiger partial charge < -0.3 is 5.11 Å². The molecule has 2 aromatic carbocycles. The maximum atomic E-state index is 8.55. The van der Waals surface area contributed by atoms with Crippen LogP contribution in [0.1, 0.15) is 5.56 Å². The first-order chi connectivity index (χ1) is 9.81. The van der Waals surface area contributed by atoms with Gasteiger partial charge in [-0.1, -0.05) is 60.4 Å². The Morgan fingerprint density at radius 2 is 1.95 bits per heavy atom. The summed E-state index contributed by atoms with van der Waals surface area (Å²) < 4.78 is 0. The molecule has 0 unspecified atom stereocenters. The summed E-state index contributed by atoms with van der Waals surface area (Å²) in [6, 6.07) is 14.9. The molecule has 0 saturated carbocycles. The highest BCUT2D eigenvalue weighted by Crippen LogP contribution is 2.19. The van der Waals surface area contributed by atoms with Crippen LogP contribution in [-0.4, -0.2) is 30.2 Å². The number of allylic oxidation sites excluding steroid dienone is 1. The van der Waals surface area contributed by atoms with E-state index >= 15 is 0 Å². The van der Waals surface area contributed by atoms with Gasteiger partial charge in [0.15, 0.2) is 0 Å². The largest absolute Gasteiger partial charge is 0.384 e. The summed E-state index contributed by atoms with van der Waals surface area (Å²) >= 11 is 0. The molecule has 2 rings (SSSR count). The summed E-state index contributed by atoms with van der Waals surface area (Å²) in [6.07, 6.45) is 3.80. The molecule has 0 aliphatic heterocycles. The van der Waals surface area contributed by atoms with Crippen molar-refractivity contribution in [2.75, 3.05) is 20.2 Å². The van der Waals surface area contributed by atoms with E-state index in [1.807, 2.05) is 6.08 Å². The van der Waals surface area contributed by atoms with Crippen molar-refractivity contribution >= 4 is 10.8 Å². The second kappa shape index (κ2) is 7.49. The third-order valence-corrected chi connectivity index (χ3v) is 3.12. The third kappa shape index (κ3) is 3.96. The van der Waals surface area contributed by atoms with Crippen molar-refractivity contribution in [3.05, 3.63) is 60.2 Å². The molecule has 0 fully saturated rings. The van der Waals surface area contributed by atoms with E-state index in [0.717, 1.165) is 13.1 Å². The number of aliphatic hydroxyl groups excluding tert-OH is 1. The van der Waals surface area contributed by atoms with Crippen LogP contribution in [0.5, 0.6) is 0 Å². The van der Waals surface area contributed by atoms with Gasteiger partial charge in [-0.15, -0.1) is 0 Å². The lowest BCUT2D eigenvalue weighted by Gasteiger charge is -2.15. The number of aliphatic hydroxyl groups is 1. The number of nitrogens with zero attached hydrogens (tertiary/aromatic N) is 1. The summed E-state index contributed by atoms with van der Waals surface area (Å²) in [5, 5.41) is 11.1. The van der Waals surface area contributed by atoms with Crippen molar-refractivity contribution in [1.82, 2.24) is 4.90 Å². The molecule has 2 heteroatoms. The molecule has 0 saturated heterocycles. The molecule has 0 spiro atoms. The number of fused-ring (bicyclic) bond motifs is 1. The van der Waals surface area contributed by atoms with E-state index in [1.54, 1.807) is 6.08 Å². The minimum absolute atomic E-state index is 0.0871. The number of hydrogen-bond acceptors (Lipinski definition) is 2. The van der Waals surface area contributed by atoms with Crippen LogP contribution in [0.15, 0.2) is 54.6 Å². The highest BCUT2D eigenvalue weighted by atomic mass is 16.2. The zero-order chi connectivity index (χ0) is 14.2. The second-order valence-electron chi connectivity index (χ2n) is 4.72. The summed E-state index contributed by atoms with van der Waals surface area (Å²) in [6.45, 7) is 1.65.